The topological polar surface area (TPSA) is 151 Å². The van der Waals surface area contributed by atoms with Crippen molar-refractivity contribution in [3.05, 3.63) is 75.6 Å². The number of tetrazole rings is 1. The number of aromatic amines is 1. The number of hydrogen-bond acceptors (Lipinski definition) is 8. The summed E-state index contributed by atoms with van der Waals surface area (Å²) < 4.78 is 0. The number of amides is 3. The molecular weight excluding hydrogens is 558 g/mol. The highest BCUT2D eigenvalue weighted by Crippen LogP contribution is 2.48. The van der Waals surface area contributed by atoms with Crippen LogP contribution in [-0.2, 0) is 23.1 Å². The number of likely N-dealkylation sites (tertiary alicyclic amines) is 1. The second-order valence-corrected chi connectivity index (χ2v) is 12.5. The zero-order chi connectivity index (χ0) is 31.2. The lowest BCUT2D eigenvalue weighted by Gasteiger charge is -2.35. The first-order valence-electron chi connectivity index (χ1n) is 15.0. The number of nitrogens with one attached hydrogen (secondary N) is 2. The fraction of sp³-hybridized carbons (Fsp3) is 0.469. The predicted molar refractivity (Wildman–Crippen MR) is 161 cm³/mol. The van der Waals surface area contributed by atoms with Crippen LogP contribution in [0.4, 0.5) is 0 Å². The first-order chi connectivity index (χ1) is 21.1. The molecule has 1 unspecified atom stereocenters. The lowest BCUT2D eigenvalue weighted by molar-refractivity contribution is -0.131. The Labute approximate surface area is 256 Å². The fourth-order valence-corrected chi connectivity index (χ4v) is 7.11. The van der Waals surface area contributed by atoms with E-state index < -0.39 is 5.41 Å². The average Bonchev–Trinajstić information content (AvgIpc) is 3.41. The van der Waals surface area contributed by atoms with Crippen molar-refractivity contribution in [1.82, 2.24) is 40.6 Å². The number of carbonyl (C=O) groups is 3. The molecule has 0 bridgehead atoms. The van der Waals surface area contributed by atoms with Gasteiger partial charge < -0.3 is 20.0 Å². The van der Waals surface area contributed by atoms with Crippen molar-refractivity contribution in [1.29, 1.82) is 5.26 Å². The molecule has 228 valence electrons. The van der Waals surface area contributed by atoms with E-state index >= 15 is 0 Å². The highest BCUT2D eigenvalue weighted by atomic mass is 16.2. The van der Waals surface area contributed by atoms with E-state index in [1.165, 1.54) is 0 Å². The summed E-state index contributed by atoms with van der Waals surface area (Å²) in [4.78, 5) is 43.9. The number of rotatable bonds is 8. The molecular formula is C32H37N9O3. The maximum Gasteiger partial charge on any atom is 0.253 e. The lowest BCUT2D eigenvalue weighted by atomic mass is 9.69. The van der Waals surface area contributed by atoms with E-state index in [0.29, 0.717) is 48.7 Å². The Kier molecular flexibility index (Phi) is 7.67. The van der Waals surface area contributed by atoms with E-state index in [1.54, 1.807) is 42.9 Å². The van der Waals surface area contributed by atoms with Crippen LogP contribution < -0.4 is 5.32 Å². The molecule has 12 heteroatoms. The zero-order valence-electron chi connectivity index (χ0n) is 25.5. The molecule has 1 aromatic heterocycles. The van der Waals surface area contributed by atoms with Crippen LogP contribution in [0.2, 0.25) is 0 Å². The Bertz CT molecular complexity index is 1570. The van der Waals surface area contributed by atoms with Crippen LogP contribution in [0.3, 0.4) is 0 Å². The molecule has 3 amide bonds. The second kappa shape index (κ2) is 11.5. The predicted octanol–water partition coefficient (Wildman–Crippen LogP) is 1.53. The van der Waals surface area contributed by atoms with Crippen LogP contribution in [0.15, 0.2) is 36.4 Å². The van der Waals surface area contributed by atoms with E-state index in [-0.39, 0.29) is 36.3 Å². The van der Waals surface area contributed by atoms with Crippen LogP contribution in [0.5, 0.6) is 0 Å². The van der Waals surface area contributed by atoms with Crippen LogP contribution in [-0.4, -0.2) is 106 Å². The SMILES string of the molecule is CN(C)C(=O)c1ccc2c(c1)CCc1cc(C(=O)N(C)C)ccc1C2(CCNCC(=O)N1C(C#N)C[C@@H]2C[C@@H]21)c1nnn[nH]1. The third kappa shape index (κ3) is 5.01. The number of nitriles is 1. The molecule has 2 aromatic carbocycles. The summed E-state index contributed by atoms with van der Waals surface area (Å²) in [6.07, 6.45) is 3.54. The second-order valence-electron chi connectivity index (χ2n) is 12.5. The number of nitrogens with zero attached hydrogens (tertiary/aromatic N) is 7. The number of benzene rings is 2. The van der Waals surface area contributed by atoms with Crippen LogP contribution in [0.25, 0.3) is 0 Å². The van der Waals surface area contributed by atoms with E-state index in [1.807, 2.05) is 36.4 Å². The minimum Gasteiger partial charge on any atom is -0.345 e. The Morgan fingerprint density at radius 2 is 1.61 bits per heavy atom. The van der Waals surface area contributed by atoms with Gasteiger partial charge in [-0.15, -0.1) is 5.10 Å². The Morgan fingerprint density at radius 1 is 1.00 bits per heavy atom. The number of piperidine rings is 1. The minimum atomic E-state index is -0.857. The summed E-state index contributed by atoms with van der Waals surface area (Å²) in [6, 6.07) is 13.7. The molecule has 3 aliphatic rings. The van der Waals surface area contributed by atoms with E-state index in [2.05, 4.69) is 32.0 Å². The maximum absolute atomic E-state index is 13.2. The number of aryl methyl sites for hydroxylation is 2. The monoisotopic (exact) mass is 595 g/mol. The van der Waals surface area contributed by atoms with Gasteiger partial charge in [0.2, 0.25) is 5.91 Å². The molecule has 2 heterocycles. The quantitative estimate of drug-likeness (QED) is 0.372. The molecule has 1 aliphatic heterocycles. The Balaban J connectivity index is 1.39. The zero-order valence-corrected chi connectivity index (χ0v) is 25.5. The summed E-state index contributed by atoms with van der Waals surface area (Å²) in [5, 5.41) is 28.2. The Hall–Kier alpha value is -4.63. The lowest BCUT2D eigenvalue weighted by Crippen LogP contribution is -2.44. The van der Waals surface area contributed by atoms with E-state index in [4.69, 9.17) is 0 Å². The van der Waals surface area contributed by atoms with E-state index in [0.717, 1.165) is 35.1 Å². The standard InChI is InChI=1S/C32H37N9O3/c1-39(2)29(43)21-7-9-25-19(13-21)5-6-20-14-22(30(44)40(3)4)8-10-26(20)32(25,31-35-37-38-36-31)11-12-34-18-28(42)41-24(17-33)15-23-16-27(23)41/h7-10,13-14,23-24,27,34H,5-6,11-12,15-16,18H2,1-4H3,(H,35,36,37,38)/t23-,24?,27+/m1/s1. The first-order valence-corrected chi connectivity index (χ1v) is 15.0. The van der Waals surface area contributed by atoms with Gasteiger partial charge in [-0.2, -0.15) is 5.26 Å². The normalized spacial score (nSPS) is 20.9. The number of carbonyl (C=O) groups excluding carboxylic acids is 3. The minimum absolute atomic E-state index is 0.0581. The summed E-state index contributed by atoms with van der Waals surface area (Å²) in [7, 11) is 6.92. The van der Waals surface area contributed by atoms with Gasteiger partial charge in [0.05, 0.1) is 18.0 Å². The van der Waals surface area contributed by atoms with Gasteiger partial charge in [0.25, 0.3) is 11.8 Å². The third-order valence-corrected chi connectivity index (χ3v) is 9.34. The van der Waals surface area contributed by atoms with Crippen molar-refractivity contribution in [3.63, 3.8) is 0 Å². The van der Waals surface area contributed by atoms with Crippen molar-refractivity contribution < 1.29 is 14.4 Å². The highest BCUT2D eigenvalue weighted by Gasteiger charge is 2.54. The van der Waals surface area contributed by atoms with Crippen LogP contribution in [0, 0.1) is 17.2 Å². The van der Waals surface area contributed by atoms with Gasteiger partial charge in [0, 0.05) is 45.4 Å². The van der Waals surface area contributed by atoms with Gasteiger partial charge in [-0.25, -0.2) is 5.10 Å². The molecule has 0 spiro atoms. The van der Waals surface area contributed by atoms with Crippen molar-refractivity contribution in [2.24, 2.45) is 5.92 Å². The van der Waals surface area contributed by atoms with Gasteiger partial charge in [-0.3, -0.25) is 14.4 Å². The van der Waals surface area contributed by atoms with Crippen molar-refractivity contribution >= 4 is 17.7 Å². The number of hydrogen-bond donors (Lipinski definition) is 2. The van der Waals surface area contributed by atoms with Crippen LogP contribution in [0.1, 0.15) is 68.1 Å². The smallest absolute Gasteiger partial charge is 0.253 e. The van der Waals surface area contributed by atoms with Gasteiger partial charge >= 0.3 is 0 Å². The molecule has 3 atom stereocenters. The largest absolute Gasteiger partial charge is 0.345 e. The van der Waals surface area contributed by atoms with Crippen molar-refractivity contribution in [2.45, 2.75) is 49.6 Å². The number of H-pyrrole nitrogens is 1. The molecule has 1 saturated carbocycles. The molecule has 12 nitrogen and oxygen atoms in total. The summed E-state index contributed by atoms with van der Waals surface area (Å²) in [5.41, 5.74) is 4.25. The molecule has 0 radical (unpaired) electrons. The van der Waals surface area contributed by atoms with E-state index in [9.17, 15) is 19.6 Å². The summed E-state index contributed by atoms with van der Waals surface area (Å²) in [6.45, 7) is 0.569. The molecule has 2 fully saturated rings. The third-order valence-electron chi connectivity index (χ3n) is 9.34. The van der Waals surface area contributed by atoms with Gasteiger partial charge in [-0.05, 0) is 102 Å². The Morgan fingerprint density at radius 3 is 2.14 bits per heavy atom. The summed E-state index contributed by atoms with van der Waals surface area (Å²) >= 11 is 0. The molecule has 1 saturated heterocycles. The van der Waals surface area contributed by atoms with Crippen LogP contribution >= 0.6 is 0 Å². The molecule has 44 heavy (non-hydrogen) atoms. The van der Waals surface area contributed by atoms with Crippen molar-refractivity contribution in [3.8, 4) is 6.07 Å². The first kappa shape index (κ1) is 29.4. The van der Waals surface area contributed by atoms with Gasteiger partial charge in [0.1, 0.15) is 6.04 Å². The fourth-order valence-electron chi connectivity index (χ4n) is 7.11. The molecule has 3 aromatic rings. The van der Waals surface area contributed by atoms with Gasteiger partial charge in [-0.1, -0.05) is 12.1 Å². The number of aromatic nitrogens is 4. The highest BCUT2D eigenvalue weighted by molar-refractivity contribution is 5.95. The molecule has 2 N–H and O–H groups in total. The number of fused-ring (bicyclic) bond motifs is 3. The molecule has 6 rings (SSSR count). The summed E-state index contributed by atoms with van der Waals surface area (Å²) in [5.74, 6) is 0.765. The average molecular weight is 596 g/mol. The maximum atomic E-state index is 13.2. The van der Waals surface area contributed by atoms with Crippen molar-refractivity contribution in [2.75, 3.05) is 41.3 Å². The van der Waals surface area contributed by atoms with Gasteiger partial charge in [0.15, 0.2) is 5.82 Å². The molecule has 2 aliphatic carbocycles.